The van der Waals surface area contributed by atoms with E-state index >= 15 is 0 Å². The number of hydrogen-bond acceptors (Lipinski definition) is 3. The van der Waals surface area contributed by atoms with E-state index in [0.717, 1.165) is 0 Å². The predicted octanol–water partition coefficient (Wildman–Crippen LogP) is 0.0985. The van der Waals surface area contributed by atoms with Crippen LogP contribution in [0, 0.1) is 0 Å². The molecule has 0 aromatic carbocycles. The molecule has 0 saturated carbocycles. The number of carboxylic acid groups (broad SMARTS) is 1. The standard InChI is InChI=1S/C9H15NO4/c1-3-10-6-9(2,4-8(12)13)14-5-7(10)11/h3-6H2,1-2H3,(H,12,13). The summed E-state index contributed by atoms with van der Waals surface area (Å²) in [5, 5.41) is 8.67. The Labute approximate surface area is 82.6 Å². The first-order valence-corrected chi connectivity index (χ1v) is 4.60. The Hall–Kier alpha value is -1.10. The van der Waals surface area contributed by atoms with Crippen LogP contribution in [0.3, 0.4) is 0 Å². The van der Waals surface area contributed by atoms with Crippen molar-refractivity contribution in [3.63, 3.8) is 0 Å². The van der Waals surface area contributed by atoms with Crippen LogP contribution in [0.2, 0.25) is 0 Å². The molecule has 1 aliphatic rings. The van der Waals surface area contributed by atoms with Gasteiger partial charge in [-0.05, 0) is 13.8 Å². The van der Waals surface area contributed by atoms with Gasteiger partial charge in [0.1, 0.15) is 6.61 Å². The molecule has 1 unspecified atom stereocenters. The number of ether oxygens (including phenoxy) is 1. The zero-order valence-electron chi connectivity index (χ0n) is 8.45. The van der Waals surface area contributed by atoms with Crippen LogP contribution in [0.15, 0.2) is 0 Å². The molecule has 1 amide bonds. The number of morpholine rings is 1. The number of nitrogens with zero attached hydrogens (tertiary/aromatic N) is 1. The van der Waals surface area contributed by atoms with Crippen molar-refractivity contribution in [1.29, 1.82) is 0 Å². The number of carboxylic acids is 1. The molecule has 14 heavy (non-hydrogen) atoms. The summed E-state index contributed by atoms with van der Waals surface area (Å²) in [4.78, 5) is 23.4. The third kappa shape index (κ3) is 2.45. The van der Waals surface area contributed by atoms with Crippen molar-refractivity contribution in [3.05, 3.63) is 0 Å². The summed E-state index contributed by atoms with van der Waals surface area (Å²) >= 11 is 0. The molecule has 5 heteroatoms. The Bertz CT molecular complexity index is 253. The lowest BCUT2D eigenvalue weighted by molar-refractivity contribution is -0.168. The van der Waals surface area contributed by atoms with Crippen LogP contribution >= 0.6 is 0 Å². The number of amides is 1. The van der Waals surface area contributed by atoms with Gasteiger partial charge in [-0.2, -0.15) is 0 Å². The van der Waals surface area contributed by atoms with Gasteiger partial charge < -0.3 is 14.7 Å². The smallest absolute Gasteiger partial charge is 0.306 e. The molecule has 1 aliphatic heterocycles. The van der Waals surface area contributed by atoms with E-state index in [1.165, 1.54) is 0 Å². The fourth-order valence-electron chi connectivity index (χ4n) is 1.58. The van der Waals surface area contributed by atoms with E-state index in [9.17, 15) is 9.59 Å². The van der Waals surface area contributed by atoms with Crippen LogP contribution in [-0.4, -0.2) is 47.2 Å². The quantitative estimate of drug-likeness (QED) is 0.703. The molecule has 0 radical (unpaired) electrons. The van der Waals surface area contributed by atoms with Crippen molar-refractivity contribution in [2.75, 3.05) is 19.7 Å². The third-order valence-corrected chi connectivity index (χ3v) is 2.33. The van der Waals surface area contributed by atoms with E-state index in [0.29, 0.717) is 13.1 Å². The fraction of sp³-hybridized carbons (Fsp3) is 0.778. The summed E-state index contributed by atoms with van der Waals surface area (Å²) in [5.74, 6) is -0.978. The van der Waals surface area contributed by atoms with Gasteiger partial charge in [-0.1, -0.05) is 0 Å². The third-order valence-electron chi connectivity index (χ3n) is 2.33. The van der Waals surface area contributed by atoms with Crippen molar-refractivity contribution in [3.8, 4) is 0 Å². The highest BCUT2D eigenvalue weighted by Gasteiger charge is 2.36. The zero-order chi connectivity index (χ0) is 10.8. The molecule has 0 aromatic heterocycles. The van der Waals surface area contributed by atoms with Gasteiger partial charge in [0.15, 0.2) is 0 Å². The number of carbonyl (C=O) groups excluding carboxylic acids is 1. The lowest BCUT2D eigenvalue weighted by Crippen LogP contribution is -2.53. The van der Waals surface area contributed by atoms with Gasteiger partial charge in [-0.15, -0.1) is 0 Å². The van der Waals surface area contributed by atoms with Crippen molar-refractivity contribution in [1.82, 2.24) is 4.90 Å². The molecule has 1 heterocycles. The first kappa shape index (κ1) is 11.0. The van der Waals surface area contributed by atoms with Crippen molar-refractivity contribution >= 4 is 11.9 Å². The van der Waals surface area contributed by atoms with Crippen molar-refractivity contribution in [2.45, 2.75) is 25.9 Å². The summed E-state index contributed by atoms with van der Waals surface area (Å²) in [6.07, 6.45) is -0.0726. The normalized spacial score (nSPS) is 27.9. The largest absolute Gasteiger partial charge is 0.481 e. The van der Waals surface area contributed by atoms with Gasteiger partial charge in [0.25, 0.3) is 0 Å². The zero-order valence-corrected chi connectivity index (χ0v) is 8.45. The molecule has 1 atom stereocenters. The Kier molecular flexibility index (Phi) is 3.10. The van der Waals surface area contributed by atoms with E-state index in [1.54, 1.807) is 11.8 Å². The van der Waals surface area contributed by atoms with Crippen LogP contribution < -0.4 is 0 Å². The van der Waals surface area contributed by atoms with E-state index in [-0.39, 0.29) is 18.9 Å². The van der Waals surface area contributed by atoms with Crippen molar-refractivity contribution < 1.29 is 19.4 Å². The van der Waals surface area contributed by atoms with Gasteiger partial charge in [-0.25, -0.2) is 0 Å². The molecular formula is C9H15NO4. The van der Waals surface area contributed by atoms with Crippen LogP contribution in [0.4, 0.5) is 0 Å². The molecule has 1 rings (SSSR count). The summed E-state index contributed by atoms with van der Waals surface area (Å²) in [7, 11) is 0. The van der Waals surface area contributed by atoms with E-state index < -0.39 is 11.6 Å². The van der Waals surface area contributed by atoms with Gasteiger partial charge in [0, 0.05) is 6.54 Å². The lowest BCUT2D eigenvalue weighted by Gasteiger charge is -2.38. The Morgan fingerprint density at radius 2 is 2.36 bits per heavy atom. The number of rotatable bonds is 3. The predicted molar refractivity (Wildman–Crippen MR) is 48.9 cm³/mol. The Morgan fingerprint density at radius 3 is 2.86 bits per heavy atom. The number of hydrogen-bond donors (Lipinski definition) is 1. The van der Waals surface area contributed by atoms with Gasteiger partial charge in [0.05, 0.1) is 18.6 Å². The Morgan fingerprint density at radius 1 is 1.71 bits per heavy atom. The number of likely N-dealkylation sites (N-methyl/N-ethyl adjacent to an activating group) is 1. The first-order chi connectivity index (χ1) is 6.47. The molecule has 5 nitrogen and oxygen atoms in total. The average Bonchev–Trinajstić information content (AvgIpc) is 2.08. The number of carbonyl (C=O) groups is 2. The monoisotopic (exact) mass is 201 g/mol. The summed E-state index contributed by atoms with van der Waals surface area (Å²) in [5.41, 5.74) is -0.740. The topological polar surface area (TPSA) is 66.8 Å². The second-order valence-electron chi connectivity index (χ2n) is 3.72. The maximum atomic E-state index is 11.3. The molecule has 0 bridgehead atoms. The SMILES string of the molecule is CCN1CC(C)(CC(=O)O)OCC1=O. The van der Waals surface area contributed by atoms with E-state index in [4.69, 9.17) is 9.84 Å². The minimum atomic E-state index is -0.905. The van der Waals surface area contributed by atoms with Gasteiger partial charge in [-0.3, -0.25) is 9.59 Å². The summed E-state index contributed by atoms with van der Waals surface area (Å²) < 4.78 is 5.25. The fourth-order valence-corrected chi connectivity index (χ4v) is 1.58. The Balaban J connectivity index is 2.64. The summed E-state index contributed by atoms with van der Waals surface area (Å²) in [6.45, 7) is 4.52. The lowest BCUT2D eigenvalue weighted by atomic mass is 10.00. The minimum absolute atomic E-state index is 0.0163. The van der Waals surface area contributed by atoms with Crippen LogP contribution in [0.1, 0.15) is 20.3 Å². The van der Waals surface area contributed by atoms with E-state index in [1.807, 2.05) is 6.92 Å². The average molecular weight is 201 g/mol. The van der Waals surface area contributed by atoms with Gasteiger partial charge in [0.2, 0.25) is 5.91 Å². The highest BCUT2D eigenvalue weighted by molar-refractivity contribution is 5.78. The molecule has 1 N–H and O–H groups in total. The second kappa shape index (κ2) is 3.96. The van der Waals surface area contributed by atoms with E-state index in [2.05, 4.69) is 0 Å². The van der Waals surface area contributed by atoms with Crippen LogP contribution in [0.25, 0.3) is 0 Å². The highest BCUT2D eigenvalue weighted by Crippen LogP contribution is 2.21. The molecule has 1 fully saturated rings. The van der Waals surface area contributed by atoms with Crippen LogP contribution in [0.5, 0.6) is 0 Å². The molecule has 80 valence electrons. The molecule has 0 spiro atoms. The minimum Gasteiger partial charge on any atom is -0.481 e. The van der Waals surface area contributed by atoms with Crippen LogP contribution in [-0.2, 0) is 14.3 Å². The summed E-state index contributed by atoms with van der Waals surface area (Å²) in [6, 6.07) is 0. The maximum Gasteiger partial charge on any atom is 0.306 e. The molecule has 0 aliphatic carbocycles. The second-order valence-corrected chi connectivity index (χ2v) is 3.72. The highest BCUT2D eigenvalue weighted by atomic mass is 16.5. The maximum absolute atomic E-state index is 11.3. The van der Waals surface area contributed by atoms with Crippen molar-refractivity contribution in [2.24, 2.45) is 0 Å². The number of aliphatic carboxylic acids is 1. The molecule has 1 saturated heterocycles. The first-order valence-electron chi connectivity index (χ1n) is 4.60. The van der Waals surface area contributed by atoms with Gasteiger partial charge >= 0.3 is 5.97 Å². The molecule has 0 aromatic rings. The molecular weight excluding hydrogens is 186 g/mol.